The van der Waals surface area contributed by atoms with E-state index in [2.05, 4.69) is 5.32 Å². The molecule has 0 radical (unpaired) electrons. The van der Waals surface area contributed by atoms with Crippen LogP contribution in [0, 0.1) is 13.8 Å². The first-order valence-corrected chi connectivity index (χ1v) is 11.6. The molecule has 6 nitrogen and oxygen atoms in total. The van der Waals surface area contributed by atoms with Gasteiger partial charge in [0.05, 0.1) is 10.6 Å². The fourth-order valence-electron chi connectivity index (χ4n) is 3.28. The summed E-state index contributed by atoms with van der Waals surface area (Å²) in [5.74, 6) is -0.151. The van der Waals surface area contributed by atoms with E-state index in [0.717, 1.165) is 39.0 Å². The van der Waals surface area contributed by atoms with E-state index in [-0.39, 0.29) is 17.8 Å². The van der Waals surface area contributed by atoms with Crippen molar-refractivity contribution in [2.75, 3.05) is 16.8 Å². The quantitative estimate of drug-likeness (QED) is 0.414. The molecule has 1 aliphatic heterocycles. The topological polar surface area (TPSA) is 75.7 Å². The molecular weight excluding hydrogens is 472 g/mol. The molecule has 34 heavy (non-hydrogen) atoms. The number of hydrogen-bond donors (Lipinski definition) is 1. The van der Waals surface area contributed by atoms with Crippen LogP contribution in [0.25, 0.3) is 6.08 Å². The number of aryl methyl sites for hydroxylation is 2. The van der Waals surface area contributed by atoms with Gasteiger partial charge < -0.3 is 10.1 Å². The van der Waals surface area contributed by atoms with Gasteiger partial charge in [-0.1, -0.05) is 35.9 Å². The van der Waals surface area contributed by atoms with Gasteiger partial charge in [-0.3, -0.25) is 14.4 Å². The Balaban J connectivity index is 1.37. The Kier molecular flexibility index (Phi) is 7.05. The molecule has 0 aromatic heterocycles. The third kappa shape index (κ3) is 5.50. The summed E-state index contributed by atoms with van der Waals surface area (Å²) in [6.07, 6.45) is 1.64. The van der Waals surface area contributed by atoms with Gasteiger partial charge in [0.2, 0.25) is 0 Å². The van der Waals surface area contributed by atoms with Crippen LogP contribution in [0.1, 0.15) is 16.7 Å². The summed E-state index contributed by atoms with van der Waals surface area (Å²) in [6, 6.07) is 19.2. The number of hydrogen-bond acceptors (Lipinski definition) is 5. The zero-order chi connectivity index (χ0) is 24.2. The SMILES string of the molecule is Cc1ccc(NC(=O)COc2ccc(/C=C3/SC(=O)N(c4cccc(Cl)c4)C3=O)cc2)cc1C. The van der Waals surface area contributed by atoms with E-state index in [4.69, 9.17) is 16.3 Å². The number of nitrogens with one attached hydrogen (secondary N) is 1. The molecule has 0 aliphatic carbocycles. The van der Waals surface area contributed by atoms with Gasteiger partial charge in [0.15, 0.2) is 6.61 Å². The first-order valence-electron chi connectivity index (χ1n) is 10.4. The molecule has 0 bridgehead atoms. The first kappa shape index (κ1) is 23.6. The van der Waals surface area contributed by atoms with Crippen molar-refractivity contribution in [3.63, 3.8) is 0 Å². The van der Waals surface area contributed by atoms with Gasteiger partial charge in [-0.15, -0.1) is 0 Å². The number of nitrogens with zero attached hydrogens (tertiary/aromatic N) is 1. The minimum absolute atomic E-state index is 0.134. The number of thioether (sulfide) groups is 1. The number of carbonyl (C=O) groups is 3. The maximum Gasteiger partial charge on any atom is 0.298 e. The summed E-state index contributed by atoms with van der Waals surface area (Å²) in [5.41, 5.74) is 4.13. The van der Waals surface area contributed by atoms with E-state index in [1.807, 2.05) is 32.0 Å². The van der Waals surface area contributed by atoms with E-state index >= 15 is 0 Å². The fraction of sp³-hybridized carbons (Fsp3) is 0.115. The second kappa shape index (κ2) is 10.2. The van der Waals surface area contributed by atoms with E-state index in [9.17, 15) is 14.4 Å². The predicted molar refractivity (Wildman–Crippen MR) is 136 cm³/mol. The third-order valence-corrected chi connectivity index (χ3v) is 6.30. The number of benzene rings is 3. The minimum Gasteiger partial charge on any atom is -0.484 e. The second-order valence-corrected chi connectivity index (χ2v) is 9.13. The summed E-state index contributed by atoms with van der Waals surface area (Å²) >= 11 is 6.86. The predicted octanol–water partition coefficient (Wildman–Crippen LogP) is 6.22. The molecule has 1 N–H and O–H groups in total. The third-order valence-electron chi connectivity index (χ3n) is 5.20. The molecule has 0 saturated carbocycles. The van der Waals surface area contributed by atoms with Crippen molar-refractivity contribution in [3.8, 4) is 5.75 Å². The van der Waals surface area contributed by atoms with Gasteiger partial charge >= 0.3 is 0 Å². The van der Waals surface area contributed by atoms with Crippen LogP contribution < -0.4 is 15.0 Å². The van der Waals surface area contributed by atoms with Gasteiger partial charge in [0.25, 0.3) is 17.1 Å². The standard InChI is InChI=1S/C26H21ClN2O4S/c1-16-6-9-20(12-17(16)2)28-24(30)15-33-22-10-7-18(8-11-22)13-23-25(31)29(26(32)34-23)21-5-3-4-19(27)14-21/h3-14H,15H2,1-2H3,(H,28,30)/b23-13+. The Labute approximate surface area is 206 Å². The highest BCUT2D eigenvalue weighted by Gasteiger charge is 2.36. The Morgan fingerprint density at radius 2 is 1.79 bits per heavy atom. The highest BCUT2D eigenvalue weighted by Crippen LogP contribution is 2.36. The van der Waals surface area contributed by atoms with E-state index in [1.54, 1.807) is 54.6 Å². The molecule has 8 heteroatoms. The van der Waals surface area contributed by atoms with Crippen molar-refractivity contribution >= 4 is 57.9 Å². The van der Waals surface area contributed by atoms with Crippen molar-refractivity contribution in [3.05, 3.63) is 93.3 Å². The van der Waals surface area contributed by atoms with Gasteiger partial charge in [0.1, 0.15) is 5.75 Å². The summed E-state index contributed by atoms with van der Waals surface area (Å²) in [4.78, 5) is 38.8. The molecule has 1 fully saturated rings. The maximum atomic E-state index is 12.8. The summed E-state index contributed by atoms with van der Waals surface area (Å²) in [5, 5.41) is 2.87. The number of carbonyl (C=O) groups excluding carboxylic acids is 3. The Morgan fingerprint density at radius 1 is 1.03 bits per heavy atom. The summed E-state index contributed by atoms with van der Waals surface area (Å²) in [6.45, 7) is 3.86. The van der Waals surface area contributed by atoms with Crippen LogP contribution in [0.3, 0.4) is 0 Å². The van der Waals surface area contributed by atoms with Crippen LogP contribution in [0.2, 0.25) is 5.02 Å². The van der Waals surface area contributed by atoms with Crippen molar-refractivity contribution in [1.82, 2.24) is 0 Å². The molecule has 0 spiro atoms. The number of imide groups is 1. The van der Waals surface area contributed by atoms with Crippen LogP contribution in [0.5, 0.6) is 5.75 Å². The largest absolute Gasteiger partial charge is 0.484 e. The number of ether oxygens (including phenoxy) is 1. The average molecular weight is 493 g/mol. The lowest BCUT2D eigenvalue weighted by molar-refractivity contribution is -0.118. The molecule has 0 unspecified atom stereocenters. The van der Waals surface area contributed by atoms with Gasteiger partial charge in [-0.05, 0) is 90.8 Å². The van der Waals surface area contributed by atoms with Crippen LogP contribution in [-0.2, 0) is 9.59 Å². The molecule has 172 valence electrons. The smallest absolute Gasteiger partial charge is 0.298 e. The zero-order valence-corrected chi connectivity index (χ0v) is 20.1. The fourth-order valence-corrected chi connectivity index (χ4v) is 4.31. The number of amides is 3. The molecule has 1 heterocycles. The Morgan fingerprint density at radius 3 is 2.50 bits per heavy atom. The lowest BCUT2D eigenvalue weighted by Crippen LogP contribution is -2.27. The molecule has 1 aliphatic rings. The molecule has 0 atom stereocenters. The van der Waals surface area contributed by atoms with E-state index < -0.39 is 5.91 Å². The summed E-state index contributed by atoms with van der Waals surface area (Å²) in [7, 11) is 0. The first-order chi connectivity index (χ1) is 16.3. The average Bonchev–Trinajstić information content (AvgIpc) is 3.08. The lowest BCUT2D eigenvalue weighted by Gasteiger charge is -2.12. The molecule has 3 aromatic rings. The van der Waals surface area contributed by atoms with Crippen LogP contribution >= 0.6 is 23.4 Å². The lowest BCUT2D eigenvalue weighted by atomic mass is 10.1. The number of anilines is 2. The minimum atomic E-state index is -0.402. The van der Waals surface area contributed by atoms with Crippen LogP contribution in [-0.4, -0.2) is 23.7 Å². The molecule has 1 saturated heterocycles. The highest BCUT2D eigenvalue weighted by atomic mass is 35.5. The Bertz CT molecular complexity index is 1300. The van der Waals surface area contributed by atoms with Crippen molar-refractivity contribution in [2.24, 2.45) is 0 Å². The van der Waals surface area contributed by atoms with Crippen LogP contribution in [0.15, 0.2) is 71.6 Å². The van der Waals surface area contributed by atoms with Crippen LogP contribution in [0.4, 0.5) is 16.2 Å². The van der Waals surface area contributed by atoms with Gasteiger partial charge in [-0.2, -0.15) is 0 Å². The molecule has 3 amide bonds. The van der Waals surface area contributed by atoms with E-state index in [0.29, 0.717) is 21.4 Å². The normalized spacial score (nSPS) is 14.6. The molecule has 3 aromatic carbocycles. The van der Waals surface area contributed by atoms with Gasteiger partial charge in [-0.25, -0.2) is 4.90 Å². The van der Waals surface area contributed by atoms with Crippen molar-refractivity contribution in [2.45, 2.75) is 13.8 Å². The zero-order valence-electron chi connectivity index (χ0n) is 18.5. The van der Waals surface area contributed by atoms with Crippen molar-refractivity contribution in [1.29, 1.82) is 0 Å². The Hall–Kier alpha value is -3.55. The maximum absolute atomic E-state index is 12.8. The molecule has 4 rings (SSSR count). The van der Waals surface area contributed by atoms with E-state index in [1.165, 1.54) is 0 Å². The molecular formula is C26H21ClN2O4S. The number of halogens is 1. The monoisotopic (exact) mass is 492 g/mol. The highest BCUT2D eigenvalue weighted by molar-refractivity contribution is 8.19. The summed E-state index contributed by atoms with van der Waals surface area (Å²) < 4.78 is 5.56. The van der Waals surface area contributed by atoms with Crippen molar-refractivity contribution < 1.29 is 19.1 Å². The number of rotatable bonds is 6. The second-order valence-electron chi connectivity index (χ2n) is 7.70. The van der Waals surface area contributed by atoms with Gasteiger partial charge in [0, 0.05) is 10.7 Å².